The Morgan fingerprint density at radius 3 is 2.18 bits per heavy atom. The van der Waals surface area contributed by atoms with Gasteiger partial charge in [0.15, 0.2) is 0 Å². The molecule has 9 heteroatoms. The molecule has 0 aliphatic heterocycles. The molecule has 0 bridgehead atoms. The van der Waals surface area contributed by atoms with Gasteiger partial charge in [-0.2, -0.15) is 0 Å². The van der Waals surface area contributed by atoms with Gasteiger partial charge in [0.2, 0.25) is 0 Å². The van der Waals surface area contributed by atoms with Gasteiger partial charge in [0.25, 0.3) is 0 Å². The fraction of sp³-hybridized carbons (Fsp3) is 0.304. The van der Waals surface area contributed by atoms with Crippen molar-refractivity contribution >= 4 is 50.8 Å². The Morgan fingerprint density at radius 2 is 1.51 bits per heavy atom. The van der Waals surface area contributed by atoms with E-state index in [-0.39, 0.29) is 31.4 Å². The summed E-state index contributed by atoms with van der Waals surface area (Å²) in [5, 5.41) is 0.995. The second-order valence-corrected chi connectivity index (χ2v) is 30.5. The summed E-state index contributed by atoms with van der Waals surface area (Å²) in [6, 6.07) is 36.5. The minimum atomic E-state index is -1.90. The van der Waals surface area contributed by atoms with Gasteiger partial charge >= 0.3 is 138 Å². The number of aromatic nitrogens is 6. The van der Waals surface area contributed by atoms with Crippen molar-refractivity contribution in [2.24, 2.45) is 5.92 Å². The van der Waals surface area contributed by atoms with Gasteiger partial charge in [0.1, 0.15) is 5.58 Å². The molecular weight excluding hydrogens is 1040 g/mol. The van der Waals surface area contributed by atoms with E-state index in [0.29, 0.717) is 5.92 Å². The van der Waals surface area contributed by atoms with Gasteiger partial charge < -0.3 is 8.98 Å². The van der Waals surface area contributed by atoms with Crippen LogP contribution in [0.25, 0.3) is 72.6 Å². The van der Waals surface area contributed by atoms with Gasteiger partial charge in [0.05, 0.1) is 34.2 Å². The molecule has 0 fully saturated rings. The van der Waals surface area contributed by atoms with E-state index in [2.05, 4.69) is 166 Å². The predicted octanol–water partition coefficient (Wildman–Crippen LogP) is 13.9. The van der Waals surface area contributed by atoms with Crippen LogP contribution in [0.3, 0.4) is 0 Å². The van der Waals surface area contributed by atoms with Crippen molar-refractivity contribution in [3.63, 3.8) is 0 Å². The molecule has 0 saturated heterocycles. The average Bonchev–Trinajstić information content (AvgIpc) is 3.83. The fourth-order valence-corrected chi connectivity index (χ4v) is 12.0. The maximum Gasteiger partial charge on any atom is 0.139 e. The van der Waals surface area contributed by atoms with Crippen molar-refractivity contribution in [1.29, 1.82) is 0 Å². The number of imidazole rings is 1. The van der Waals surface area contributed by atoms with Gasteiger partial charge in [-0.05, 0) is 63.7 Å². The van der Waals surface area contributed by atoms with E-state index in [4.69, 9.17) is 19.4 Å². The Labute approximate surface area is 401 Å². The first-order valence-electron chi connectivity index (χ1n) is 22.5. The SMILES string of the molecule is Cc1c[c-]c(-c2cc(CC(C)C)[c]([Ge]([CH3])([CH3])[CH3])cn2)c(C)n1.Cc1c[c-]c(-c2nc3cnc(C(C)C)cc3n2-c2ccc(-c3ccccc3)cc2C(C)(C)C)c2oc3cccnc3c12.[Ir]. The second-order valence-electron chi connectivity index (χ2n) is 20.0. The first kappa shape index (κ1) is 47.7. The molecule has 0 saturated carbocycles. The van der Waals surface area contributed by atoms with Crippen LogP contribution in [0.15, 0.2) is 108 Å². The molecule has 335 valence electrons. The summed E-state index contributed by atoms with van der Waals surface area (Å²) in [6.45, 7) is 21.8. The number of fused-ring (bicyclic) bond motifs is 4. The van der Waals surface area contributed by atoms with Crippen LogP contribution in [0, 0.1) is 38.8 Å². The van der Waals surface area contributed by atoms with Crippen LogP contribution in [-0.2, 0) is 31.9 Å². The summed E-state index contributed by atoms with van der Waals surface area (Å²) in [5.74, 6) is 9.01. The normalized spacial score (nSPS) is 12.0. The van der Waals surface area contributed by atoms with Crippen molar-refractivity contribution in [2.45, 2.75) is 104 Å². The van der Waals surface area contributed by atoms with Gasteiger partial charge in [-0.15, -0.1) is 17.7 Å². The molecule has 1 radical (unpaired) electrons. The quantitative estimate of drug-likeness (QED) is 0.111. The Kier molecular flexibility index (Phi) is 13.9. The minimum Gasteiger partial charge on any atom is -0.499 e. The van der Waals surface area contributed by atoms with Gasteiger partial charge in [-0.1, -0.05) is 83.5 Å². The predicted molar refractivity (Wildman–Crippen MR) is 268 cm³/mol. The molecule has 6 aromatic heterocycles. The Balaban J connectivity index is 0.000000233. The molecule has 0 aliphatic carbocycles. The summed E-state index contributed by atoms with van der Waals surface area (Å²) < 4.78 is 10.3. The fourth-order valence-electron chi connectivity index (χ4n) is 8.63. The van der Waals surface area contributed by atoms with E-state index < -0.39 is 13.3 Å². The molecular formula is C56H60GeIrN6O-2. The van der Waals surface area contributed by atoms with E-state index in [9.17, 15) is 0 Å². The molecule has 3 aromatic carbocycles. The van der Waals surface area contributed by atoms with Crippen LogP contribution in [0.4, 0.5) is 0 Å². The number of benzene rings is 3. The third kappa shape index (κ3) is 9.82. The van der Waals surface area contributed by atoms with Crippen LogP contribution in [-0.4, -0.2) is 42.8 Å². The largest absolute Gasteiger partial charge is 0.499 e. The number of hydrogen-bond acceptors (Lipinski definition) is 6. The van der Waals surface area contributed by atoms with Crippen LogP contribution in [0.2, 0.25) is 17.3 Å². The maximum atomic E-state index is 6.48. The number of nitrogens with zero attached hydrogens (tertiary/aromatic N) is 6. The van der Waals surface area contributed by atoms with Gasteiger partial charge in [-0.25, -0.2) is 0 Å². The van der Waals surface area contributed by atoms with Crippen LogP contribution < -0.4 is 4.40 Å². The van der Waals surface area contributed by atoms with Crippen molar-refractivity contribution in [2.75, 3.05) is 0 Å². The zero-order valence-electron chi connectivity index (χ0n) is 40.1. The van der Waals surface area contributed by atoms with Gasteiger partial charge in [0, 0.05) is 37.7 Å². The summed E-state index contributed by atoms with van der Waals surface area (Å²) in [5.41, 5.74) is 17.2. The van der Waals surface area contributed by atoms with Crippen LogP contribution in [0.5, 0.6) is 0 Å². The average molecular weight is 1100 g/mol. The van der Waals surface area contributed by atoms with Crippen molar-refractivity contribution in [3.8, 4) is 39.5 Å². The molecule has 0 aliphatic rings. The summed E-state index contributed by atoms with van der Waals surface area (Å²) >= 11 is -1.90. The molecule has 0 N–H and O–H groups in total. The Bertz CT molecular complexity index is 3150. The maximum absolute atomic E-state index is 6.48. The monoisotopic (exact) mass is 1100 g/mol. The molecule has 9 aromatic rings. The first-order chi connectivity index (χ1) is 30.4. The van der Waals surface area contributed by atoms with Crippen LogP contribution >= 0.6 is 0 Å². The molecule has 0 unspecified atom stereocenters. The Morgan fingerprint density at radius 1 is 0.769 bits per heavy atom. The summed E-state index contributed by atoms with van der Waals surface area (Å²) in [4.78, 5) is 23.9. The molecule has 9 rings (SSSR count). The van der Waals surface area contributed by atoms with Crippen molar-refractivity contribution in [1.82, 2.24) is 29.5 Å². The van der Waals surface area contributed by atoms with Gasteiger partial charge in [-0.3, -0.25) is 15.0 Å². The van der Waals surface area contributed by atoms with Crippen molar-refractivity contribution < 1.29 is 24.5 Å². The third-order valence-corrected chi connectivity index (χ3v) is 16.2. The number of rotatable bonds is 8. The van der Waals surface area contributed by atoms with E-state index in [1.165, 1.54) is 26.6 Å². The van der Waals surface area contributed by atoms with E-state index in [0.717, 1.165) is 90.5 Å². The van der Waals surface area contributed by atoms with Crippen molar-refractivity contribution in [3.05, 3.63) is 149 Å². The second kappa shape index (κ2) is 18.9. The zero-order chi connectivity index (χ0) is 45.7. The molecule has 0 atom stereocenters. The minimum absolute atomic E-state index is 0. The van der Waals surface area contributed by atoms with E-state index in [1.54, 1.807) is 0 Å². The Hall–Kier alpha value is -5.28. The summed E-state index contributed by atoms with van der Waals surface area (Å²) in [6.07, 6.45) is 6.95. The smallest absolute Gasteiger partial charge is 0.139 e. The number of hydrogen-bond donors (Lipinski definition) is 0. The molecule has 0 spiro atoms. The number of pyridine rings is 4. The van der Waals surface area contributed by atoms with E-state index in [1.807, 2.05) is 50.5 Å². The molecule has 6 heterocycles. The van der Waals surface area contributed by atoms with Crippen LogP contribution in [0.1, 0.15) is 88.2 Å². The number of furan rings is 1. The topological polar surface area (TPSA) is 82.5 Å². The standard InChI is InChI=1S/C37H33N4O.C19H27GeN2.Ir/c1-22(2)28-20-31-29(21-39-28)40-36(26-16-14-23(3)33-34-32(42-35(26)33)13-10-18-38-34)41(31)30-17-15-25(19-27(30)37(4,5)6)24-11-8-7-9-12-24;1-13(2)10-16-11-19(21-12-18(16)20(5,6)7)17-9-8-14(3)22-15(17)4;/h7-15,17-22H,1-6H3;8,11-13H,10H2,1-7H3;/q2*-1;. The first-order valence-corrected chi connectivity index (χ1v) is 29.9. The van der Waals surface area contributed by atoms with E-state index >= 15 is 0 Å². The third-order valence-electron chi connectivity index (χ3n) is 11.8. The zero-order valence-corrected chi connectivity index (χ0v) is 44.6. The molecule has 7 nitrogen and oxygen atoms in total. The number of aryl methyl sites for hydroxylation is 3. The summed E-state index contributed by atoms with van der Waals surface area (Å²) in [7, 11) is 0. The molecule has 65 heavy (non-hydrogen) atoms. The molecule has 0 amide bonds.